The van der Waals surface area contributed by atoms with Gasteiger partial charge in [0.05, 0.1) is 12.2 Å². The van der Waals surface area contributed by atoms with E-state index in [4.69, 9.17) is 15.9 Å². The topological polar surface area (TPSA) is 88.2 Å². The van der Waals surface area contributed by atoms with Crippen LogP contribution >= 0.6 is 0 Å². The van der Waals surface area contributed by atoms with E-state index in [1.165, 1.54) is 0 Å². The molecule has 2 bridgehead atoms. The van der Waals surface area contributed by atoms with Crippen LogP contribution in [-0.2, 0) is 16.0 Å². The van der Waals surface area contributed by atoms with Crippen molar-refractivity contribution in [3.8, 4) is 0 Å². The summed E-state index contributed by atoms with van der Waals surface area (Å²) in [5, 5.41) is 11.1. The fraction of sp³-hybridized carbons (Fsp3) is 0.474. The van der Waals surface area contributed by atoms with Gasteiger partial charge in [-0.15, -0.1) is 0 Å². The number of carbonyl (C=O) groups excluding carboxylic acids is 1. The summed E-state index contributed by atoms with van der Waals surface area (Å²) in [4.78, 5) is 12.1. The van der Waals surface area contributed by atoms with Gasteiger partial charge < -0.3 is 15.8 Å². The van der Waals surface area contributed by atoms with Crippen LogP contribution in [0.15, 0.2) is 35.8 Å². The van der Waals surface area contributed by atoms with Gasteiger partial charge in [0.2, 0.25) is 0 Å². The Morgan fingerprint density at radius 3 is 2.68 bits per heavy atom. The monoisotopic (exact) mass is 345 g/mol. The van der Waals surface area contributed by atoms with Crippen molar-refractivity contribution < 1.29 is 13.9 Å². The Morgan fingerprint density at radius 2 is 2.12 bits per heavy atom. The van der Waals surface area contributed by atoms with Gasteiger partial charge in [-0.1, -0.05) is 37.6 Å². The smallest absolute Gasteiger partial charge is 0.187 e. The molecule has 2 fully saturated rings. The normalized spacial score (nSPS) is 25.8. The minimum atomic E-state index is -0.898. The van der Waals surface area contributed by atoms with Crippen molar-refractivity contribution >= 4 is 11.5 Å². The maximum atomic E-state index is 14.0. The molecule has 3 atom stereocenters. The van der Waals surface area contributed by atoms with Gasteiger partial charge in [-0.2, -0.15) is 0 Å². The predicted molar refractivity (Wildman–Crippen MR) is 94.1 cm³/mol. The number of morpholine rings is 1. The summed E-state index contributed by atoms with van der Waals surface area (Å²) in [6.45, 7) is 2.78. The van der Waals surface area contributed by atoms with Crippen molar-refractivity contribution in [2.24, 2.45) is 5.73 Å². The van der Waals surface area contributed by atoms with Crippen molar-refractivity contribution in [2.45, 2.75) is 50.9 Å². The molecule has 6 heteroatoms. The Hall–Kier alpha value is -2.05. The summed E-state index contributed by atoms with van der Waals surface area (Å²) in [5.74, 6) is -1.47. The number of rotatable bonds is 7. The quantitative estimate of drug-likeness (QED) is 0.663. The molecule has 1 aromatic rings. The minimum Gasteiger partial charge on any atom is -0.400 e. The van der Waals surface area contributed by atoms with Gasteiger partial charge in [0.15, 0.2) is 11.6 Å². The molecule has 1 aromatic carbocycles. The fourth-order valence-electron chi connectivity index (χ4n) is 3.44. The highest BCUT2D eigenvalue weighted by atomic mass is 19.1. The number of allylic oxidation sites excluding steroid dienone is 2. The molecule has 25 heavy (non-hydrogen) atoms. The fourth-order valence-corrected chi connectivity index (χ4v) is 3.44. The van der Waals surface area contributed by atoms with Crippen molar-refractivity contribution in [3.05, 3.63) is 46.9 Å². The molecular formula is C19H24FN3O2. The van der Waals surface area contributed by atoms with Crippen LogP contribution in [0.4, 0.5) is 4.39 Å². The third-order valence-corrected chi connectivity index (χ3v) is 4.80. The maximum absolute atomic E-state index is 14.0. The summed E-state index contributed by atoms with van der Waals surface area (Å²) >= 11 is 0. The molecule has 2 heterocycles. The van der Waals surface area contributed by atoms with Gasteiger partial charge >= 0.3 is 0 Å². The number of hydrogen-bond donors (Lipinski definition) is 3. The molecular weight excluding hydrogens is 321 g/mol. The van der Waals surface area contributed by atoms with E-state index in [1.807, 2.05) is 31.2 Å². The number of nitrogens with one attached hydrogen (secondary N) is 2. The number of Topliss-reactive ketones (excluding diaryl/α,β-unsaturated/α-hetero) is 1. The molecule has 2 aliphatic rings. The SMILES string of the molecule is CCCC(N)=C(F)C(=N)C(=O)Cc1ccc([C@@H]2O[C@H]3CN[C@@H]2C3)cc1. The number of benzene rings is 1. The second kappa shape index (κ2) is 7.45. The number of carbonyl (C=O) groups is 1. The largest absolute Gasteiger partial charge is 0.400 e. The first-order valence-electron chi connectivity index (χ1n) is 8.73. The van der Waals surface area contributed by atoms with Gasteiger partial charge in [-0.25, -0.2) is 4.39 Å². The van der Waals surface area contributed by atoms with Crippen LogP contribution in [0.3, 0.4) is 0 Å². The Bertz CT molecular complexity index is 699. The maximum Gasteiger partial charge on any atom is 0.187 e. The molecule has 0 unspecified atom stereocenters. The first-order chi connectivity index (χ1) is 12.0. The van der Waals surface area contributed by atoms with Crippen LogP contribution in [0, 0.1) is 5.41 Å². The number of nitrogens with two attached hydrogens (primary N) is 1. The highest BCUT2D eigenvalue weighted by molar-refractivity contribution is 6.44. The minimum absolute atomic E-state index is 0.0121. The van der Waals surface area contributed by atoms with Gasteiger partial charge in [0.25, 0.3) is 0 Å². The number of hydrogen-bond acceptors (Lipinski definition) is 5. The average molecular weight is 345 g/mol. The van der Waals surface area contributed by atoms with E-state index < -0.39 is 17.3 Å². The molecule has 134 valence electrons. The van der Waals surface area contributed by atoms with Crippen molar-refractivity contribution in [1.82, 2.24) is 5.32 Å². The van der Waals surface area contributed by atoms with E-state index >= 15 is 0 Å². The second-order valence-electron chi connectivity index (χ2n) is 6.73. The molecule has 0 aliphatic carbocycles. The Kier molecular flexibility index (Phi) is 5.30. The second-order valence-corrected chi connectivity index (χ2v) is 6.73. The van der Waals surface area contributed by atoms with Gasteiger partial charge in [0, 0.05) is 24.7 Å². The zero-order valence-electron chi connectivity index (χ0n) is 14.3. The summed E-state index contributed by atoms with van der Waals surface area (Å²) in [6.07, 6.45) is 2.38. The number of halogens is 1. The average Bonchev–Trinajstić information content (AvgIpc) is 3.24. The Morgan fingerprint density at radius 1 is 1.40 bits per heavy atom. The highest BCUT2D eigenvalue weighted by Gasteiger charge is 2.41. The number of fused-ring (bicyclic) bond motifs is 2. The van der Waals surface area contributed by atoms with Crippen molar-refractivity contribution in [1.29, 1.82) is 5.41 Å². The molecule has 0 aromatic heterocycles. The first-order valence-corrected chi connectivity index (χ1v) is 8.73. The van der Waals surface area contributed by atoms with Gasteiger partial charge in [-0.3, -0.25) is 10.2 Å². The molecule has 2 aliphatic heterocycles. The zero-order chi connectivity index (χ0) is 18.0. The summed E-state index contributed by atoms with van der Waals surface area (Å²) in [7, 11) is 0. The van der Waals surface area contributed by atoms with Crippen LogP contribution in [0.5, 0.6) is 0 Å². The van der Waals surface area contributed by atoms with Crippen molar-refractivity contribution in [2.75, 3.05) is 6.54 Å². The van der Waals surface area contributed by atoms with Crippen molar-refractivity contribution in [3.63, 3.8) is 0 Å². The van der Waals surface area contributed by atoms with Gasteiger partial charge in [0.1, 0.15) is 5.71 Å². The molecule has 0 radical (unpaired) electrons. The van der Waals surface area contributed by atoms with Crippen LogP contribution in [0.2, 0.25) is 0 Å². The van der Waals surface area contributed by atoms with E-state index in [1.54, 1.807) is 0 Å². The van der Waals surface area contributed by atoms with Crippen LogP contribution in [-0.4, -0.2) is 30.2 Å². The van der Waals surface area contributed by atoms with E-state index in [-0.39, 0.29) is 18.2 Å². The third kappa shape index (κ3) is 3.80. The lowest BCUT2D eigenvalue weighted by atomic mass is 9.99. The van der Waals surface area contributed by atoms with Gasteiger partial charge in [-0.05, 0) is 24.0 Å². The number of ether oxygens (including phenoxy) is 1. The van der Waals surface area contributed by atoms with E-state index in [2.05, 4.69) is 5.32 Å². The molecule has 3 rings (SSSR count). The standard InChI is InChI=1S/C19H24FN3O2/c1-2-3-14(21)17(20)18(22)16(24)8-11-4-6-12(7-5-11)19-15-9-13(25-19)10-23-15/h4-7,13,15,19,22-23H,2-3,8-10,21H2,1H3/t13-,15-,19+/m1/s1. The Balaban J connectivity index is 1.62. The Labute approximate surface area is 146 Å². The first kappa shape index (κ1) is 17.8. The molecule has 0 amide bonds. The van der Waals surface area contributed by atoms with E-state index in [0.717, 1.165) is 24.1 Å². The predicted octanol–water partition coefficient (Wildman–Crippen LogP) is 2.56. The molecule has 4 N–H and O–H groups in total. The van der Waals surface area contributed by atoms with Crippen LogP contribution in [0.25, 0.3) is 0 Å². The van der Waals surface area contributed by atoms with E-state index in [9.17, 15) is 9.18 Å². The molecule has 0 spiro atoms. The summed E-state index contributed by atoms with van der Waals surface area (Å²) in [6, 6.07) is 7.92. The van der Waals surface area contributed by atoms with E-state index in [0.29, 0.717) is 25.0 Å². The zero-order valence-corrected chi connectivity index (χ0v) is 14.3. The van der Waals surface area contributed by atoms with Crippen LogP contribution in [0.1, 0.15) is 43.4 Å². The summed E-state index contributed by atoms with van der Waals surface area (Å²) in [5.41, 5.74) is 6.72. The summed E-state index contributed by atoms with van der Waals surface area (Å²) < 4.78 is 19.9. The lowest BCUT2D eigenvalue weighted by Crippen LogP contribution is -2.33. The molecule has 2 saturated heterocycles. The molecule has 0 saturated carbocycles. The lowest BCUT2D eigenvalue weighted by molar-refractivity contribution is -0.112. The number of ketones is 1. The highest BCUT2D eigenvalue weighted by Crippen LogP contribution is 2.36. The molecule has 5 nitrogen and oxygen atoms in total. The van der Waals surface area contributed by atoms with Crippen LogP contribution < -0.4 is 11.1 Å². The third-order valence-electron chi connectivity index (χ3n) is 4.80. The lowest BCUT2D eigenvalue weighted by Gasteiger charge is -2.23.